The van der Waals surface area contributed by atoms with E-state index in [-0.39, 0.29) is 5.41 Å². The molecule has 0 saturated carbocycles. The van der Waals surface area contributed by atoms with Crippen molar-refractivity contribution in [1.82, 2.24) is 4.90 Å². The van der Waals surface area contributed by atoms with E-state index < -0.39 is 0 Å². The Kier molecular flexibility index (Phi) is 3.93. The molecule has 2 heteroatoms. The van der Waals surface area contributed by atoms with Crippen LogP contribution in [0.4, 0.5) is 0 Å². The first-order valence-electron chi connectivity index (χ1n) is 6.65. The molecule has 1 aliphatic heterocycles. The van der Waals surface area contributed by atoms with Gasteiger partial charge in [0.05, 0.1) is 6.54 Å². The Morgan fingerprint density at radius 3 is 3.00 bits per heavy atom. The van der Waals surface area contributed by atoms with Crippen LogP contribution in [0, 0.1) is 12.3 Å². The minimum absolute atomic E-state index is 0.171. The molecule has 1 aromatic carbocycles. The summed E-state index contributed by atoms with van der Waals surface area (Å²) in [5, 5.41) is 9.68. The number of rotatable bonds is 4. The SMILES string of the molecule is C#CCN1CC[C@@](CCC)(c2cccc(O)c2)C1. The molecule has 0 unspecified atom stereocenters. The van der Waals surface area contributed by atoms with Crippen LogP contribution >= 0.6 is 0 Å². The molecular formula is C16H21NO. The largest absolute Gasteiger partial charge is 0.508 e. The smallest absolute Gasteiger partial charge is 0.115 e. The molecule has 1 aromatic rings. The van der Waals surface area contributed by atoms with Gasteiger partial charge < -0.3 is 5.11 Å². The highest BCUT2D eigenvalue weighted by atomic mass is 16.3. The lowest BCUT2D eigenvalue weighted by Gasteiger charge is -2.29. The minimum Gasteiger partial charge on any atom is -0.508 e. The van der Waals surface area contributed by atoms with E-state index in [4.69, 9.17) is 6.42 Å². The number of likely N-dealkylation sites (tertiary alicyclic amines) is 1. The zero-order valence-electron chi connectivity index (χ0n) is 11.0. The van der Waals surface area contributed by atoms with Crippen molar-refractivity contribution in [1.29, 1.82) is 0 Å². The lowest BCUT2D eigenvalue weighted by Crippen LogP contribution is -2.31. The lowest BCUT2D eigenvalue weighted by molar-refractivity contribution is 0.330. The van der Waals surface area contributed by atoms with Crippen molar-refractivity contribution in [3.63, 3.8) is 0 Å². The first kappa shape index (κ1) is 13.0. The van der Waals surface area contributed by atoms with Crippen molar-refractivity contribution < 1.29 is 5.11 Å². The van der Waals surface area contributed by atoms with Gasteiger partial charge >= 0.3 is 0 Å². The summed E-state index contributed by atoms with van der Waals surface area (Å²) >= 11 is 0. The third-order valence-electron chi connectivity index (χ3n) is 3.93. The van der Waals surface area contributed by atoms with Gasteiger partial charge in [-0.1, -0.05) is 31.4 Å². The van der Waals surface area contributed by atoms with Crippen molar-refractivity contribution in [3.8, 4) is 18.1 Å². The van der Waals surface area contributed by atoms with Crippen LogP contribution in [0.3, 0.4) is 0 Å². The minimum atomic E-state index is 0.171. The van der Waals surface area contributed by atoms with Crippen LogP contribution in [0.5, 0.6) is 5.75 Å². The van der Waals surface area contributed by atoms with E-state index in [0.717, 1.165) is 38.9 Å². The zero-order valence-corrected chi connectivity index (χ0v) is 11.0. The Morgan fingerprint density at radius 1 is 1.50 bits per heavy atom. The number of hydrogen-bond acceptors (Lipinski definition) is 2. The monoisotopic (exact) mass is 243 g/mol. The second-order valence-electron chi connectivity index (χ2n) is 5.25. The van der Waals surface area contributed by atoms with Crippen molar-refractivity contribution >= 4 is 0 Å². The molecule has 2 rings (SSSR count). The highest BCUT2D eigenvalue weighted by Crippen LogP contribution is 2.39. The third kappa shape index (κ3) is 2.52. The van der Waals surface area contributed by atoms with E-state index >= 15 is 0 Å². The van der Waals surface area contributed by atoms with Crippen LogP contribution in [0.2, 0.25) is 0 Å². The summed E-state index contributed by atoms with van der Waals surface area (Å²) < 4.78 is 0. The highest BCUT2D eigenvalue weighted by Gasteiger charge is 2.38. The Hall–Kier alpha value is -1.46. The molecular weight excluding hydrogens is 222 g/mol. The third-order valence-corrected chi connectivity index (χ3v) is 3.93. The summed E-state index contributed by atoms with van der Waals surface area (Å²) in [5.74, 6) is 3.09. The summed E-state index contributed by atoms with van der Waals surface area (Å²) in [4.78, 5) is 2.33. The van der Waals surface area contributed by atoms with E-state index in [1.807, 2.05) is 12.1 Å². The molecule has 0 aliphatic carbocycles. The second kappa shape index (κ2) is 5.46. The number of benzene rings is 1. The fourth-order valence-corrected chi connectivity index (χ4v) is 3.12. The van der Waals surface area contributed by atoms with E-state index in [0.29, 0.717) is 5.75 Å². The fraction of sp³-hybridized carbons (Fsp3) is 0.500. The highest BCUT2D eigenvalue weighted by molar-refractivity contribution is 5.34. The van der Waals surface area contributed by atoms with Crippen LogP contribution < -0.4 is 0 Å². The molecule has 18 heavy (non-hydrogen) atoms. The first-order chi connectivity index (χ1) is 8.70. The predicted octanol–water partition coefficient (Wildman–Crippen LogP) is 2.77. The summed E-state index contributed by atoms with van der Waals surface area (Å²) in [6.45, 7) is 5.01. The van der Waals surface area contributed by atoms with Crippen LogP contribution in [0.1, 0.15) is 31.7 Å². The van der Waals surface area contributed by atoms with Gasteiger partial charge in [-0.05, 0) is 30.5 Å². The van der Waals surface area contributed by atoms with Gasteiger partial charge in [0.2, 0.25) is 0 Å². The van der Waals surface area contributed by atoms with Crippen LogP contribution in [-0.4, -0.2) is 29.6 Å². The molecule has 1 heterocycles. The maximum Gasteiger partial charge on any atom is 0.115 e. The molecule has 96 valence electrons. The Labute approximate surface area is 110 Å². The molecule has 0 spiro atoms. The number of aromatic hydroxyl groups is 1. The Morgan fingerprint density at radius 2 is 2.33 bits per heavy atom. The van der Waals surface area contributed by atoms with Crippen molar-refractivity contribution in [2.24, 2.45) is 0 Å². The van der Waals surface area contributed by atoms with E-state index in [9.17, 15) is 5.11 Å². The molecule has 1 N–H and O–H groups in total. The van der Waals surface area contributed by atoms with Crippen molar-refractivity contribution in [2.75, 3.05) is 19.6 Å². The number of hydrogen-bond donors (Lipinski definition) is 1. The van der Waals surface area contributed by atoms with Gasteiger partial charge in [0.15, 0.2) is 0 Å². The standard InChI is InChI=1S/C16H21NO/c1-3-8-16(9-11-17(13-16)10-4-2)14-6-5-7-15(18)12-14/h2,5-7,12,18H,3,8-11,13H2,1H3/t16-/m1/s1. The number of nitrogens with zero attached hydrogens (tertiary/aromatic N) is 1. The molecule has 0 aromatic heterocycles. The van der Waals surface area contributed by atoms with Crippen molar-refractivity contribution in [2.45, 2.75) is 31.6 Å². The number of terminal acetylenes is 1. The molecule has 1 aliphatic rings. The molecule has 1 fully saturated rings. The Balaban J connectivity index is 2.26. The zero-order chi connectivity index (χ0) is 13.0. The summed E-state index contributed by atoms with van der Waals surface area (Å²) in [6.07, 6.45) is 8.84. The van der Waals surface area contributed by atoms with E-state index in [1.165, 1.54) is 5.56 Å². The van der Waals surface area contributed by atoms with Crippen LogP contribution in [-0.2, 0) is 5.41 Å². The molecule has 0 bridgehead atoms. The van der Waals surface area contributed by atoms with Gasteiger partial charge in [0.1, 0.15) is 5.75 Å². The second-order valence-corrected chi connectivity index (χ2v) is 5.25. The van der Waals surface area contributed by atoms with Crippen molar-refractivity contribution in [3.05, 3.63) is 29.8 Å². The molecule has 1 saturated heterocycles. The maximum absolute atomic E-state index is 9.68. The molecule has 1 atom stereocenters. The average Bonchev–Trinajstić information content (AvgIpc) is 2.75. The van der Waals surface area contributed by atoms with Gasteiger partial charge in [0, 0.05) is 18.5 Å². The summed E-state index contributed by atoms with van der Waals surface area (Å²) in [5.41, 5.74) is 1.42. The predicted molar refractivity (Wildman–Crippen MR) is 74.6 cm³/mol. The molecule has 2 nitrogen and oxygen atoms in total. The van der Waals surface area contributed by atoms with Gasteiger partial charge in [-0.3, -0.25) is 4.90 Å². The lowest BCUT2D eigenvalue weighted by atomic mass is 9.76. The number of phenols is 1. The van der Waals surface area contributed by atoms with Gasteiger partial charge in [-0.15, -0.1) is 6.42 Å². The summed E-state index contributed by atoms with van der Waals surface area (Å²) in [6, 6.07) is 7.72. The average molecular weight is 243 g/mol. The Bertz CT molecular complexity index is 449. The normalized spacial score (nSPS) is 24.0. The molecule has 0 radical (unpaired) electrons. The fourth-order valence-electron chi connectivity index (χ4n) is 3.12. The van der Waals surface area contributed by atoms with Gasteiger partial charge in [-0.25, -0.2) is 0 Å². The first-order valence-corrected chi connectivity index (χ1v) is 6.65. The molecule has 0 amide bonds. The van der Waals surface area contributed by atoms with Gasteiger partial charge in [0.25, 0.3) is 0 Å². The maximum atomic E-state index is 9.68. The van der Waals surface area contributed by atoms with Gasteiger partial charge in [-0.2, -0.15) is 0 Å². The van der Waals surface area contributed by atoms with E-state index in [2.05, 4.69) is 23.8 Å². The van der Waals surface area contributed by atoms with Crippen LogP contribution in [0.15, 0.2) is 24.3 Å². The number of phenolic OH excluding ortho intramolecular Hbond substituents is 1. The quantitative estimate of drug-likeness (QED) is 0.822. The summed E-state index contributed by atoms with van der Waals surface area (Å²) in [7, 11) is 0. The van der Waals surface area contributed by atoms with Crippen LogP contribution in [0.25, 0.3) is 0 Å². The topological polar surface area (TPSA) is 23.5 Å². The van der Waals surface area contributed by atoms with E-state index in [1.54, 1.807) is 6.07 Å².